The monoisotopic (exact) mass is 251 g/mol. The number of hydrogen-bond donors (Lipinski definition) is 2. The molecule has 0 aliphatic heterocycles. The van der Waals surface area contributed by atoms with Crippen molar-refractivity contribution >= 4 is 15.7 Å². The van der Waals surface area contributed by atoms with Crippen LogP contribution in [0.2, 0.25) is 0 Å². The summed E-state index contributed by atoms with van der Waals surface area (Å²) in [4.78, 5) is 16.9. The highest BCUT2D eigenvalue weighted by molar-refractivity contribution is 7.92. The molecule has 0 aliphatic rings. The van der Waals surface area contributed by atoms with Crippen molar-refractivity contribution in [1.29, 1.82) is 0 Å². The SMILES string of the molecule is O=c1ccc(S(=O)(=O)Nc2cccnc2)c[nH]1. The van der Waals surface area contributed by atoms with Crippen molar-refractivity contribution < 1.29 is 8.42 Å². The van der Waals surface area contributed by atoms with Crippen molar-refractivity contribution in [2.24, 2.45) is 0 Å². The number of rotatable bonds is 3. The fraction of sp³-hybridized carbons (Fsp3) is 0. The standard InChI is InChI=1S/C10H9N3O3S/c14-10-4-3-9(7-12-10)17(15,16)13-8-2-1-5-11-6-8/h1-7,13H,(H,12,14). The van der Waals surface area contributed by atoms with Crippen molar-refractivity contribution in [2.45, 2.75) is 4.90 Å². The first kappa shape index (κ1) is 11.3. The minimum Gasteiger partial charge on any atom is -0.328 e. The molecule has 0 saturated carbocycles. The third kappa shape index (κ3) is 2.70. The Morgan fingerprint density at radius 2 is 2.06 bits per heavy atom. The largest absolute Gasteiger partial charge is 0.328 e. The van der Waals surface area contributed by atoms with Gasteiger partial charge in [0.15, 0.2) is 0 Å². The molecule has 2 rings (SSSR count). The molecule has 0 radical (unpaired) electrons. The van der Waals surface area contributed by atoms with E-state index in [0.717, 1.165) is 12.3 Å². The molecule has 2 N–H and O–H groups in total. The number of aromatic nitrogens is 2. The number of nitrogens with zero attached hydrogens (tertiary/aromatic N) is 1. The van der Waals surface area contributed by atoms with Gasteiger partial charge >= 0.3 is 0 Å². The highest BCUT2D eigenvalue weighted by atomic mass is 32.2. The summed E-state index contributed by atoms with van der Waals surface area (Å²) in [7, 11) is -3.69. The predicted octanol–water partition coefficient (Wildman–Crippen LogP) is 0.571. The van der Waals surface area contributed by atoms with Gasteiger partial charge < -0.3 is 4.98 Å². The highest BCUT2D eigenvalue weighted by Gasteiger charge is 2.13. The minimum atomic E-state index is -3.69. The average molecular weight is 251 g/mol. The van der Waals surface area contributed by atoms with Crippen LogP contribution in [0.1, 0.15) is 0 Å². The summed E-state index contributed by atoms with van der Waals surface area (Å²) in [5, 5.41) is 0. The van der Waals surface area contributed by atoms with Crippen LogP contribution in [0.15, 0.2) is 52.5 Å². The van der Waals surface area contributed by atoms with E-state index in [9.17, 15) is 13.2 Å². The molecular formula is C10H9N3O3S. The zero-order chi connectivity index (χ0) is 12.3. The number of pyridine rings is 2. The van der Waals surface area contributed by atoms with E-state index in [-0.39, 0.29) is 10.5 Å². The summed E-state index contributed by atoms with van der Waals surface area (Å²) < 4.78 is 26.0. The van der Waals surface area contributed by atoms with Gasteiger partial charge in [-0.05, 0) is 18.2 Å². The molecule has 0 amide bonds. The molecule has 0 unspecified atom stereocenters. The molecule has 17 heavy (non-hydrogen) atoms. The lowest BCUT2D eigenvalue weighted by molar-refractivity contribution is 0.600. The van der Waals surface area contributed by atoms with Crippen molar-refractivity contribution in [2.75, 3.05) is 4.72 Å². The highest BCUT2D eigenvalue weighted by Crippen LogP contribution is 2.12. The number of sulfonamides is 1. The van der Waals surface area contributed by atoms with Crippen LogP contribution in [0.4, 0.5) is 5.69 Å². The maximum atomic E-state index is 11.9. The fourth-order valence-corrected chi connectivity index (χ4v) is 2.21. The molecule has 0 saturated heterocycles. The van der Waals surface area contributed by atoms with Crippen LogP contribution in [0.25, 0.3) is 0 Å². The van der Waals surface area contributed by atoms with E-state index in [0.29, 0.717) is 5.69 Å². The van der Waals surface area contributed by atoms with E-state index >= 15 is 0 Å². The molecule has 88 valence electrons. The minimum absolute atomic E-state index is 0.0130. The molecule has 7 heteroatoms. The summed E-state index contributed by atoms with van der Waals surface area (Å²) in [6.07, 6.45) is 4.07. The van der Waals surface area contributed by atoms with E-state index in [1.165, 1.54) is 18.5 Å². The summed E-state index contributed by atoms with van der Waals surface area (Å²) in [5.74, 6) is 0. The van der Waals surface area contributed by atoms with E-state index in [2.05, 4.69) is 14.7 Å². The summed E-state index contributed by atoms with van der Waals surface area (Å²) in [6, 6.07) is 5.58. The first-order chi connectivity index (χ1) is 8.08. The van der Waals surface area contributed by atoms with E-state index < -0.39 is 10.0 Å². The van der Waals surface area contributed by atoms with Gasteiger partial charge in [-0.15, -0.1) is 0 Å². The van der Waals surface area contributed by atoms with Crippen LogP contribution in [-0.2, 0) is 10.0 Å². The quantitative estimate of drug-likeness (QED) is 0.834. The molecule has 6 nitrogen and oxygen atoms in total. The van der Waals surface area contributed by atoms with Crippen LogP contribution in [-0.4, -0.2) is 18.4 Å². The van der Waals surface area contributed by atoms with Gasteiger partial charge in [0, 0.05) is 18.5 Å². The van der Waals surface area contributed by atoms with Crippen LogP contribution < -0.4 is 10.3 Å². The Bertz CT molecular complexity index is 644. The van der Waals surface area contributed by atoms with Gasteiger partial charge in [-0.3, -0.25) is 14.5 Å². The molecule has 0 atom stereocenters. The van der Waals surface area contributed by atoms with Gasteiger partial charge in [-0.2, -0.15) is 0 Å². The molecular weight excluding hydrogens is 242 g/mol. The zero-order valence-electron chi connectivity index (χ0n) is 8.62. The number of H-pyrrole nitrogens is 1. The Morgan fingerprint density at radius 1 is 1.24 bits per heavy atom. The number of hydrogen-bond acceptors (Lipinski definition) is 4. The summed E-state index contributed by atoms with van der Waals surface area (Å²) in [6.45, 7) is 0. The smallest absolute Gasteiger partial charge is 0.263 e. The maximum absolute atomic E-state index is 11.9. The van der Waals surface area contributed by atoms with Gasteiger partial charge in [0.25, 0.3) is 10.0 Å². The molecule has 0 aliphatic carbocycles. The third-order valence-electron chi connectivity index (χ3n) is 1.98. The predicted molar refractivity (Wildman–Crippen MR) is 62.1 cm³/mol. The third-order valence-corrected chi connectivity index (χ3v) is 3.36. The van der Waals surface area contributed by atoms with Crippen molar-refractivity contribution in [3.05, 3.63) is 53.2 Å². The van der Waals surface area contributed by atoms with Crippen molar-refractivity contribution in [1.82, 2.24) is 9.97 Å². The Morgan fingerprint density at radius 3 is 2.65 bits per heavy atom. The zero-order valence-corrected chi connectivity index (χ0v) is 9.44. The fourth-order valence-electron chi connectivity index (χ4n) is 1.20. The molecule has 2 aromatic rings. The Labute approximate surface area is 97.4 Å². The lowest BCUT2D eigenvalue weighted by atomic mass is 10.4. The van der Waals surface area contributed by atoms with Gasteiger partial charge in [0.1, 0.15) is 4.90 Å². The number of aromatic amines is 1. The Kier molecular flexibility index (Phi) is 2.92. The molecule has 0 spiro atoms. The van der Waals surface area contributed by atoms with Crippen molar-refractivity contribution in [3.8, 4) is 0 Å². The van der Waals surface area contributed by atoms with E-state index in [4.69, 9.17) is 0 Å². The topological polar surface area (TPSA) is 91.9 Å². The van der Waals surface area contributed by atoms with Gasteiger partial charge in [0.05, 0.1) is 11.9 Å². The van der Waals surface area contributed by atoms with Crippen LogP contribution in [0, 0.1) is 0 Å². The molecule has 2 aromatic heterocycles. The second kappa shape index (κ2) is 4.38. The first-order valence-corrected chi connectivity index (χ1v) is 6.18. The second-order valence-corrected chi connectivity index (χ2v) is 4.92. The molecule has 0 aromatic carbocycles. The summed E-state index contributed by atoms with van der Waals surface area (Å²) in [5.41, 5.74) is 0.00373. The van der Waals surface area contributed by atoms with Gasteiger partial charge in [-0.1, -0.05) is 0 Å². The molecule has 2 heterocycles. The lowest BCUT2D eigenvalue weighted by Crippen LogP contribution is -2.15. The van der Waals surface area contributed by atoms with Crippen LogP contribution in [0.5, 0.6) is 0 Å². The van der Waals surface area contributed by atoms with Crippen LogP contribution in [0.3, 0.4) is 0 Å². The van der Waals surface area contributed by atoms with Gasteiger partial charge in [-0.25, -0.2) is 8.42 Å². The van der Waals surface area contributed by atoms with Crippen molar-refractivity contribution in [3.63, 3.8) is 0 Å². The lowest BCUT2D eigenvalue weighted by Gasteiger charge is -2.06. The Balaban J connectivity index is 2.32. The molecule has 0 fully saturated rings. The number of anilines is 1. The maximum Gasteiger partial charge on any atom is 0.263 e. The molecule has 0 bridgehead atoms. The van der Waals surface area contributed by atoms with Crippen LogP contribution >= 0.6 is 0 Å². The van der Waals surface area contributed by atoms with E-state index in [1.54, 1.807) is 12.1 Å². The number of nitrogens with one attached hydrogen (secondary N) is 2. The summed E-state index contributed by atoms with van der Waals surface area (Å²) >= 11 is 0. The first-order valence-electron chi connectivity index (χ1n) is 4.69. The van der Waals surface area contributed by atoms with E-state index in [1.807, 2.05) is 0 Å². The second-order valence-electron chi connectivity index (χ2n) is 3.24. The Hall–Kier alpha value is -2.15. The average Bonchev–Trinajstić information content (AvgIpc) is 2.30. The van der Waals surface area contributed by atoms with Gasteiger partial charge in [0.2, 0.25) is 5.56 Å². The normalized spacial score (nSPS) is 11.1.